The molecule has 1 fully saturated rings. The van der Waals surface area contributed by atoms with Crippen LogP contribution in [0.1, 0.15) is 36.2 Å². The molecule has 2 aromatic rings. The van der Waals surface area contributed by atoms with Gasteiger partial charge in [-0.3, -0.25) is 4.79 Å². The van der Waals surface area contributed by atoms with Gasteiger partial charge < -0.3 is 26.8 Å². The van der Waals surface area contributed by atoms with Gasteiger partial charge >= 0.3 is 0 Å². The first-order chi connectivity index (χ1) is 12.6. The van der Waals surface area contributed by atoms with Gasteiger partial charge in [-0.25, -0.2) is 15.0 Å². The van der Waals surface area contributed by atoms with E-state index in [1.807, 2.05) is 0 Å². The van der Waals surface area contributed by atoms with Crippen molar-refractivity contribution >= 4 is 23.2 Å². The van der Waals surface area contributed by atoms with E-state index < -0.39 is 5.91 Å². The fraction of sp³-hybridized carbons (Fsp3) is 0.412. The molecule has 0 aliphatic heterocycles. The molecule has 1 amide bonds. The van der Waals surface area contributed by atoms with Crippen molar-refractivity contribution < 1.29 is 9.53 Å². The van der Waals surface area contributed by atoms with Crippen molar-refractivity contribution in [2.75, 3.05) is 17.7 Å². The first-order valence-electron chi connectivity index (χ1n) is 8.53. The number of hydrogen-bond acceptors (Lipinski definition) is 8. The van der Waals surface area contributed by atoms with Crippen molar-refractivity contribution in [2.24, 2.45) is 11.5 Å². The number of nitrogens with zero attached hydrogens (tertiary/aromatic N) is 3. The van der Waals surface area contributed by atoms with Crippen molar-refractivity contribution in [3.05, 3.63) is 30.2 Å². The van der Waals surface area contributed by atoms with Crippen molar-refractivity contribution in [1.29, 1.82) is 0 Å². The third-order valence-electron chi connectivity index (χ3n) is 4.37. The van der Waals surface area contributed by atoms with E-state index in [1.165, 1.54) is 13.3 Å². The number of hydrogen-bond donors (Lipinski definition) is 4. The number of rotatable bonds is 6. The van der Waals surface area contributed by atoms with Crippen LogP contribution in [0.2, 0.25) is 0 Å². The predicted molar refractivity (Wildman–Crippen MR) is 98.5 cm³/mol. The quantitative estimate of drug-likeness (QED) is 0.608. The Labute approximate surface area is 151 Å². The van der Waals surface area contributed by atoms with E-state index in [2.05, 4.69) is 25.6 Å². The van der Waals surface area contributed by atoms with Crippen LogP contribution in [0.4, 0.5) is 17.3 Å². The highest BCUT2D eigenvalue weighted by molar-refractivity contribution is 5.96. The lowest BCUT2D eigenvalue weighted by Crippen LogP contribution is -2.42. The van der Waals surface area contributed by atoms with Crippen molar-refractivity contribution in [2.45, 2.75) is 37.8 Å². The predicted octanol–water partition coefficient (Wildman–Crippen LogP) is 1.40. The summed E-state index contributed by atoms with van der Waals surface area (Å²) in [6.45, 7) is 0. The molecule has 0 aromatic carbocycles. The van der Waals surface area contributed by atoms with Crippen molar-refractivity contribution in [3.63, 3.8) is 0 Å². The van der Waals surface area contributed by atoms with Gasteiger partial charge in [-0.15, -0.1) is 0 Å². The molecule has 0 saturated heterocycles. The minimum absolute atomic E-state index is 0.0549. The lowest BCUT2D eigenvalue weighted by Gasteiger charge is -2.29. The SMILES string of the molecule is COc1cc(Nc2nc(NC3CCCCC3N)cnc2C(N)=O)ccn1. The number of ether oxygens (including phenoxy) is 1. The number of nitrogens with one attached hydrogen (secondary N) is 2. The highest BCUT2D eigenvalue weighted by Crippen LogP contribution is 2.24. The van der Waals surface area contributed by atoms with Gasteiger partial charge in [0.15, 0.2) is 11.5 Å². The standard InChI is InChI=1S/C17H23N7O2/c1-26-14-8-10(6-7-20-14)22-17-15(16(19)25)21-9-13(24-17)23-12-5-3-2-4-11(12)18/h6-9,11-12H,2-5,18H2,1H3,(H2,19,25)(H2,20,22,23,24). The molecule has 6 N–H and O–H groups in total. The molecule has 1 saturated carbocycles. The van der Waals surface area contributed by atoms with Gasteiger partial charge in [-0.05, 0) is 18.9 Å². The maximum atomic E-state index is 11.7. The van der Waals surface area contributed by atoms with Crippen LogP contribution in [0.3, 0.4) is 0 Å². The van der Waals surface area contributed by atoms with Gasteiger partial charge in [-0.2, -0.15) is 0 Å². The Morgan fingerprint density at radius 3 is 2.85 bits per heavy atom. The van der Waals surface area contributed by atoms with Crippen LogP contribution in [0, 0.1) is 0 Å². The molecule has 138 valence electrons. The van der Waals surface area contributed by atoms with E-state index in [9.17, 15) is 4.79 Å². The molecule has 2 unspecified atom stereocenters. The van der Waals surface area contributed by atoms with E-state index in [0.717, 1.165) is 25.7 Å². The Morgan fingerprint density at radius 2 is 2.12 bits per heavy atom. The summed E-state index contributed by atoms with van der Waals surface area (Å²) < 4.78 is 5.10. The monoisotopic (exact) mass is 357 g/mol. The second-order valence-corrected chi connectivity index (χ2v) is 6.23. The second kappa shape index (κ2) is 7.96. The summed E-state index contributed by atoms with van der Waals surface area (Å²) in [6.07, 6.45) is 7.31. The average molecular weight is 357 g/mol. The zero-order valence-corrected chi connectivity index (χ0v) is 14.6. The zero-order chi connectivity index (χ0) is 18.5. The normalized spacial score (nSPS) is 19.6. The Kier molecular flexibility index (Phi) is 5.47. The Morgan fingerprint density at radius 1 is 1.31 bits per heavy atom. The summed E-state index contributed by atoms with van der Waals surface area (Å²) in [5.41, 5.74) is 12.3. The number of pyridine rings is 1. The molecular formula is C17H23N7O2. The number of carbonyl (C=O) groups is 1. The molecule has 0 spiro atoms. The first-order valence-corrected chi connectivity index (χ1v) is 8.53. The minimum atomic E-state index is -0.665. The molecule has 9 heteroatoms. The number of amides is 1. The highest BCUT2D eigenvalue weighted by atomic mass is 16.5. The summed E-state index contributed by atoms with van der Waals surface area (Å²) in [4.78, 5) is 24.4. The van der Waals surface area contributed by atoms with Crippen LogP contribution < -0.4 is 26.8 Å². The fourth-order valence-corrected chi connectivity index (χ4v) is 2.99. The number of carbonyl (C=O) groups excluding carboxylic acids is 1. The molecule has 3 rings (SSSR count). The number of anilines is 3. The third-order valence-corrected chi connectivity index (χ3v) is 4.37. The van der Waals surface area contributed by atoms with Gasteiger partial charge in [0.2, 0.25) is 5.88 Å². The van der Waals surface area contributed by atoms with Gasteiger partial charge in [0.1, 0.15) is 5.82 Å². The lowest BCUT2D eigenvalue weighted by atomic mass is 9.91. The van der Waals surface area contributed by atoms with Crippen LogP contribution in [0.5, 0.6) is 5.88 Å². The Bertz CT molecular complexity index is 783. The third kappa shape index (κ3) is 4.17. The summed E-state index contributed by atoms with van der Waals surface area (Å²) in [5.74, 6) is 0.578. The van der Waals surface area contributed by atoms with Crippen LogP contribution in [0.15, 0.2) is 24.5 Å². The minimum Gasteiger partial charge on any atom is -0.481 e. The molecule has 1 aliphatic rings. The number of aromatic nitrogens is 3. The Hall–Kier alpha value is -2.94. The van der Waals surface area contributed by atoms with E-state index >= 15 is 0 Å². The maximum absolute atomic E-state index is 11.7. The molecule has 2 heterocycles. The van der Waals surface area contributed by atoms with E-state index in [0.29, 0.717) is 17.4 Å². The zero-order valence-electron chi connectivity index (χ0n) is 14.6. The summed E-state index contributed by atoms with van der Waals surface area (Å²) in [7, 11) is 1.53. The van der Waals surface area contributed by atoms with Crippen LogP contribution in [-0.2, 0) is 0 Å². The molecule has 1 aliphatic carbocycles. The summed E-state index contributed by atoms with van der Waals surface area (Å²) in [5, 5.41) is 6.37. The topological polar surface area (TPSA) is 141 Å². The largest absolute Gasteiger partial charge is 0.481 e. The molecule has 9 nitrogen and oxygen atoms in total. The van der Waals surface area contributed by atoms with E-state index in [1.54, 1.807) is 18.3 Å². The van der Waals surface area contributed by atoms with Crippen LogP contribution in [-0.4, -0.2) is 40.1 Å². The number of nitrogens with two attached hydrogens (primary N) is 2. The maximum Gasteiger partial charge on any atom is 0.271 e. The van der Waals surface area contributed by atoms with Gasteiger partial charge in [-0.1, -0.05) is 12.8 Å². The number of methoxy groups -OCH3 is 1. The van der Waals surface area contributed by atoms with Crippen LogP contribution in [0.25, 0.3) is 0 Å². The fourth-order valence-electron chi connectivity index (χ4n) is 2.99. The summed E-state index contributed by atoms with van der Waals surface area (Å²) in [6, 6.07) is 3.61. The molecule has 26 heavy (non-hydrogen) atoms. The molecular weight excluding hydrogens is 334 g/mol. The molecule has 0 bridgehead atoms. The van der Waals surface area contributed by atoms with E-state index in [4.69, 9.17) is 16.2 Å². The van der Waals surface area contributed by atoms with Crippen molar-refractivity contribution in [3.8, 4) is 5.88 Å². The summed E-state index contributed by atoms with van der Waals surface area (Å²) >= 11 is 0. The molecule has 0 radical (unpaired) electrons. The van der Waals surface area contributed by atoms with Crippen LogP contribution >= 0.6 is 0 Å². The highest BCUT2D eigenvalue weighted by Gasteiger charge is 2.22. The molecule has 2 aromatic heterocycles. The van der Waals surface area contributed by atoms with Gasteiger partial charge in [0.25, 0.3) is 5.91 Å². The lowest BCUT2D eigenvalue weighted by molar-refractivity contribution is 0.0996. The smallest absolute Gasteiger partial charge is 0.271 e. The first kappa shape index (κ1) is 17.9. The van der Waals surface area contributed by atoms with Gasteiger partial charge in [0.05, 0.1) is 13.3 Å². The Balaban J connectivity index is 1.85. The number of primary amides is 1. The second-order valence-electron chi connectivity index (χ2n) is 6.23. The average Bonchev–Trinajstić information content (AvgIpc) is 2.64. The van der Waals surface area contributed by atoms with Crippen molar-refractivity contribution in [1.82, 2.24) is 15.0 Å². The van der Waals surface area contributed by atoms with E-state index in [-0.39, 0.29) is 23.6 Å². The molecule has 2 atom stereocenters. The van der Waals surface area contributed by atoms with Gasteiger partial charge in [0, 0.05) is 30.0 Å².